The molecule has 0 aromatic carbocycles. The Morgan fingerprint density at radius 2 is 1.28 bits per heavy atom. The lowest BCUT2D eigenvalue weighted by atomic mass is 9.86. The molecule has 0 saturated heterocycles. The third-order valence-electron chi connectivity index (χ3n) is 5.19. The number of nitrogens with one attached hydrogen (secondary N) is 1. The maximum Gasteiger partial charge on any atom is 0.264 e. The molecule has 0 unspecified atom stereocenters. The maximum atomic E-state index is 10.8. The molecule has 0 aliphatic rings. The summed E-state index contributed by atoms with van der Waals surface area (Å²) in [6, 6.07) is 0. The fourth-order valence-corrected chi connectivity index (χ4v) is 3.83. The highest BCUT2D eigenvalue weighted by molar-refractivity contribution is 7.85. The Kier molecular flexibility index (Phi) is 17.4. The summed E-state index contributed by atoms with van der Waals surface area (Å²) >= 11 is 0. The minimum Gasteiger partial charge on any atom is -0.412 e. The van der Waals surface area contributed by atoms with Crippen LogP contribution < -0.4 is 5.32 Å². The second-order valence-electron chi connectivity index (χ2n) is 7.13. The summed E-state index contributed by atoms with van der Waals surface area (Å²) in [7, 11) is -3.83. The third-order valence-corrected chi connectivity index (χ3v) is 6.00. The van der Waals surface area contributed by atoms with Crippen molar-refractivity contribution in [2.75, 3.05) is 12.3 Å². The molecule has 0 aromatic heterocycles. The predicted octanol–water partition coefficient (Wildman–Crippen LogP) is 4.51. The lowest BCUT2D eigenvalue weighted by Gasteiger charge is -2.33. The molecule has 0 atom stereocenters. The molecule has 0 aliphatic carbocycles. The van der Waals surface area contributed by atoms with Crippen molar-refractivity contribution in [1.29, 1.82) is 0 Å². The lowest BCUT2D eigenvalue weighted by Crippen LogP contribution is -2.45. The normalized spacial score (nSPS) is 12.2. The molecule has 0 aromatic rings. The number of unbranched alkanes of at least 4 members (excludes halogenated alkanes) is 8. The van der Waals surface area contributed by atoms with E-state index in [2.05, 4.69) is 26.1 Å². The molecule has 0 bridgehead atoms. The highest BCUT2D eigenvalue weighted by atomic mass is 32.2. The molecule has 0 aliphatic heterocycles. The third kappa shape index (κ3) is 15.8. The van der Waals surface area contributed by atoms with E-state index in [1.54, 1.807) is 0 Å². The zero-order valence-electron chi connectivity index (χ0n) is 16.8. The van der Waals surface area contributed by atoms with E-state index in [0.717, 1.165) is 19.3 Å². The predicted molar refractivity (Wildman–Crippen MR) is 108 cm³/mol. The smallest absolute Gasteiger partial charge is 0.264 e. The summed E-state index contributed by atoms with van der Waals surface area (Å²) in [4.78, 5) is 0. The Hall–Kier alpha value is -0.170. The average molecular weight is 382 g/mol. The van der Waals surface area contributed by atoms with Crippen LogP contribution in [-0.2, 0) is 10.1 Å². The molecule has 0 saturated carbocycles. The zero-order chi connectivity index (χ0) is 18.3. The van der Waals surface area contributed by atoms with Crippen molar-refractivity contribution in [3.8, 4) is 0 Å². The molecule has 0 radical (unpaired) electrons. The van der Waals surface area contributed by atoms with Crippen molar-refractivity contribution < 1.29 is 18.4 Å². The van der Waals surface area contributed by atoms with Gasteiger partial charge in [-0.25, -0.2) is 0 Å². The molecule has 4 N–H and O–H groups in total. The van der Waals surface area contributed by atoms with Gasteiger partial charge in [0, 0.05) is 5.54 Å². The molecule has 0 heterocycles. The van der Waals surface area contributed by atoms with Crippen molar-refractivity contribution in [3.63, 3.8) is 0 Å². The maximum absolute atomic E-state index is 10.8. The zero-order valence-corrected chi connectivity index (χ0v) is 17.6. The van der Waals surface area contributed by atoms with Crippen molar-refractivity contribution in [3.05, 3.63) is 0 Å². The van der Waals surface area contributed by atoms with E-state index in [-0.39, 0.29) is 16.8 Å². The van der Waals surface area contributed by atoms with Crippen LogP contribution in [0.25, 0.3) is 0 Å². The summed E-state index contributed by atoms with van der Waals surface area (Å²) < 4.78 is 30.4. The van der Waals surface area contributed by atoms with Gasteiger partial charge in [-0.2, -0.15) is 8.42 Å². The summed E-state index contributed by atoms with van der Waals surface area (Å²) in [6.45, 7) is 7.31. The van der Waals surface area contributed by atoms with E-state index in [1.165, 1.54) is 57.8 Å². The van der Waals surface area contributed by atoms with Crippen LogP contribution in [0.2, 0.25) is 0 Å². The minimum atomic E-state index is -3.83. The fraction of sp³-hybridized carbons (Fsp3) is 1.00. The van der Waals surface area contributed by atoms with E-state index in [1.807, 2.05) is 0 Å². The standard InChI is InChI=1S/C19H41NO3S.H2O/c1-4-7-8-9-10-11-12-13-14-16-19(5-2,6-3)20-17-15-18-24(21,22)23;/h20H,4-18H2,1-3H3,(H,21,22,23);1H2. The van der Waals surface area contributed by atoms with Gasteiger partial charge in [0.15, 0.2) is 0 Å². The Morgan fingerprint density at radius 1 is 0.800 bits per heavy atom. The first kappa shape index (κ1) is 27.1. The van der Waals surface area contributed by atoms with E-state index in [4.69, 9.17) is 4.55 Å². The molecule has 154 valence electrons. The first-order valence-corrected chi connectivity index (χ1v) is 11.7. The molecule has 0 spiro atoms. The van der Waals surface area contributed by atoms with Gasteiger partial charge in [0.05, 0.1) is 5.75 Å². The summed E-state index contributed by atoms with van der Waals surface area (Å²) in [5.41, 5.74) is 0.125. The highest BCUT2D eigenvalue weighted by Crippen LogP contribution is 2.23. The second-order valence-corrected chi connectivity index (χ2v) is 8.70. The summed E-state index contributed by atoms with van der Waals surface area (Å²) in [5.74, 6) is -0.151. The van der Waals surface area contributed by atoms with Gasteiger partial charge < -0.3 is 10.8 Å². The van der Waals surface area contributed by atoms with Gasteiger partial charge in [0.2, 0.25) is 0 Å². The van der Waals surface area contributed by atoms with Gasteiger partial charge in [0.1, 0.15) is 0 Å². The Balaban J connectivity index is 0. The molecule has 0 rings (SSSR count). The fourth-order valence-electron chi connectivity index (χ4n) is 3.32. The molecule has 0 fully saturated rings. The molecular weight excluding hydrogens is 338 g/mol. The first-order chi connectivity index (χ1) is 11.4. The molecule has 25 heavy (non-hydrogen) atoms. The van der Waals surface area contributed by atoms with Crippen LogP contribution in [0.1, 0.15) is 104 Å². The average Bonchev–Trinajstić information content (AvgIpc) is 2.54. The van der Waals surface area contributed by atoms with Gasteiger partial charge >= 0.3 is 0 Å². The van der Waals surface area contributed by atoms with Crippen LogP contribution in [0.4, 0.5) is 0 Å². The van der Waals surface area contributed by atoms with Crippen LogP contribution in [0.3, 0.4) is 0 Å². The molecule has 6 heteroatoms. The highest BCUT2D eigenvalue weighted by Gasteiger charge is 2.24. The van der Waals surface area contributed by atoms with Crippen LogP contribution in [-0.4, -0.2) is 36.3 Å². The van der Waals surface area contributed by atoms with E-state index >= 15 is 0 Å². The van der Waals surface area contributed by atoms with Gasteiger partial charge in [-0.1, -0.05) is 78.6 Å². The van der Waals surface area contributed by atoms with Crippen LogP contribution in [0.15, 0.2) is 0 Å². The van der Waals surface area contributed by atoms with Crippen LogP contribution in [0, 0.1) is 0 Å². The van der Waals surface area contributed by atoms with E-state index < -0.39 is 10.1 Å². The Bertz CT molecular complexity index is 381. The molecule has 5 nitrogen and oxygen atoms in total. The van der Waals surface area contributed by atoms with Crippen molar-refractivity contribution in [1.82, 2.24) is 5.32 Å². The van der Waals surface area contributed by atoms with Crippen molar-refractivity contribution in [2.24, 2.45) is 0 Å². The Labute approximate surface area is 156 Å². The van der Waals surface area contributed by atoms with E-state index in [9.17, 15) is 8.42 Å². The minimum absolute atomic E-state index is 0. The lowest BCUT2D eigenvalue weighted by molar-refractivity contribution is 0.270. The van der Waals surface area contributed by atoms with Gasteiger partial charge in [-0.3, -0.25) is 4.55 Å². The topological polar surface area (TPSA) is 97.9 Å². The molecule has 0 amide bonds. The second kappa shape index (κ2) is 16.0. The van der Waals surface area contributed by atoms with Crippen LogP contribution in [0.5, 0.6) is 0 Å². The van der Waals surface area contributed by atoms with Gasteiger partial charge in [0.25, 0.3) is 10.1 Å². The van der Waals surface area contributed by atoms with Gasteiger partial charge in [-0.15, -0.1) is 0 Å². The van der Waals surface area contributed by atoms with Crippen molar-refractivity contribution >= 4 is 10.1 Å². The quantitative estimate of drug-likeness (QED) is 0.286. The number of rotatable bonds is 17. The van der Waals surface area contributed by atoms with Crippen molar-refractivity contribution in [2.45, 2.75) is 110 Å². The number of hydrogen-bond donors (Lipinski definition) is 2. The largest absolute Gasteiger partial charge is 0.412 e. The number of hydrogen-bond acceptors (Lipinski definition) is 3. The van der Waals surface area contributed by atoms with Crippen LogP contribution >= 0.6 is 0 Å². The Morgan fingerprint density at radius 3 is 1.72 bits per heavy atom. The summed E-state index contributed by atoms with van der Waals surface area (Å²) in [5, 5.41) is 3.55. The van der Waals surface area contributed by atoms with E-state index in [0.29, 0.717) is 13.0 Å². The first-order valence-electron chi connectivity index (χ1n) is 10.1. The summed E-state index contributed by atoms with van der Waals surface area (Å²) in [6.07, 6.45) is 15.8. The van der Waals surface area contributed by atoms with Gasteiger partial charge in [-0.05, 0) is 32.2 Å². The SMILES string of the molecule is CCCCCCCCCCCC(CC)(CC)NCCCS(=O)(=O)O.O. The monoisotopic (exact) mass is 381 g/mol. The molecular formula is C19H43NO4S.